The molecule has 35 heavy (non-hydrogen) atoms. The normalized spacial score (nSPS) is 20.1. The van der Waals surface area contributed by atoms with Gasteiger partial charge in [0.05, 0.1) is 23.8 Å². The van der Waals surface area contributed by atoms with E-state index in [2.05, 4.69) is 23.8 Å². The third-order valence-corrected chi connectivity index (χ3v) is 5.73. The molecule has 2 aliphatic rings. The summed E-state index contributed by atoms with van der Waals surface area (Å²) in [5, 5.41) is 0. The van der Waals surface area contributed by atoms with Crippen molar-refractivity contribution in [2.24, 2.45) is 5.92 Å². The van der Waals surface area contributed by atoms with Crippen LogP contribution in [-0.4, -0.2) is 58.3 Å². The number of esters is 1. The van der Waals surface area contributed by atoms with E-state index in [4.69, 9.17) is 9.47 Å². The Bertz CT molecular complexity index is 1320. The lowest BCUT2D eigenvalue weighted by Crippen LogP contribution is -2.51. The molecule has 0 radical (unpaired) electrons. The van der Waals surface area contributed by atoms with Gasteiger partial charge in [-0.2, -0.15) is 0 Å². The number of carbonyl (C=O) groups excluding carboxylic acids is 3. The van der Waals surface area contributed by atoms with Gasteiger partial charge in [0, 0.05) is 31.1 Å². The molecule has 0 saturated heterocycles. The van der Waals surface area contributed by atoms with Crippen LogP contribution in [0.3, 0.4) is 0 Å². The maximum atomic E-state index is 13.5. The van der Waals surface area contributed by atoms with Gasteiger partial charge in [0.1, 0.15) is 0 Å². The Morgan fingerprint density at radius 1 is 1.17 bits per heavy atom. The standard InChI is InChI=1S/C27H27N3O5/c1-17(2)15-30-16-20-18(12-19(30)8-7-11-34-4)13-24(31)27(3,25(20)32)35-26(33)23-14-28-21-9-5-6-10-22(21)29-23/h5-10,12-14,16-17H,11,15H2,1-4H3/b8-7+. The molecule has 0 N–H and O–H groups in total. The molecule has 1 atom stereocenters. The van der Waals surface area contributed by atoms with E-state index in [9.17, 15) is 14.4 Å². The molecule has 0 fully saturated rings. The molecule has 2 heterocycles. The van der Waals surface area contributed by atoms with Gasteiger partial charge in [-0.15, -0.1) is 0 Å². The molecule has 1 aromatic heterocycles. The number of allylic oxidation sites excluding steroid dienone is 3. The Balaban J connectivity index is 1.66. The number of ketones is 2. The Morgan fingerprint density at radius 3 is 2.63 bits per heavy atom. The molecule has 1 unspecified atom stereocenters. The lowest BCUT2D eigenvalue weighted by molar-refractivity contribution is -0.145. The van der Waals surface area contributed by atoms with Crippen molar-refractivity contribution in [2.75, 3.05) is 20.3 Å². The number of nitrogens with zero attached hydrogens (tertiary/aromatic N) is 3. The molecule has 0 amide bonds. The van der Waals surface area contributed by atoms with Crippen LogP contribution in [0.2, 0.25) is 0 Å². The highest BCUT2D eigenvalue weighted by Gasteiger charge is 2.49. The maximum Gasteiger partial charge on any atom is 0.360 e. The van der Waals surface area contributed by atoms with Gasteiger partial charge in [0.2, 0.25) is 17.2 Å². The third kappa shape index (κ3) is 4.83. The van der Waals surface area contributed by atoms with Crippen molar-refractivity contribution < 1.29 is 23.9 Å². The van der Waals surface area contributed by atoms with Gasteiger partial charge in [-0.3, -0.25) is 14.6 Å². The molecular formula is C27H27N3O5. The quantitative estimate of drug-likeness (QED) is 0.445. The zero-order chi connectivity index (χ0) is 25.2. The summed E-state index contributed by atoms with van der Waals surface area (Å²) in [6.07, 6.45) is 9.88. The number of hydrogen-bond donors (Lipinski definition) is 0. The number of hydrogen-bond acceptors (Lipinski definition) is 8. The van der Waals surface area contributed by atoms with Gasteiger partial charge >= 0.3 is 5.97 Å². The first-order valence-corrected chi connectivity index (χ1v) is 11.3. The zero-order valence-corrected chi connectivity index (χ0v) is 20.1. The van der Waals surface area contributed by atoms with Crippen molar-refractivity contribution in [3.63, 3.8) is 0 Å². The van der Waals surface area contributed by atoms with Crippen molar-refractivity contribution >= 4 is 28.6 Å². The number of Topliss-reactive ketones (excluding diaryl/α,β-unsaturated/α-hetero) is 1. The minimum absolute atomic E-state index is 0.0789. The second-order valence-corrected chi connectivity index (χ2v) is 8.98. The van der Waals surface area contributed by atoms with E-state index in [1.807, 2.05) is 23.1 Å². The van der Waals surface area contributed by atoms with Crippen LogP contribution in [0.4, 0.5) is 0 Å². The number of fused-ring (bicyclic) bond motifs is 2. The summed E-state index contributed by atoms with van der Waals surface area (Å²) in [5.74, 6) is -1.76. The van der Waals surface area contributed by atoms with Crippen molar-refractivity contribution in [2.45, 2.75) is 26.4 Å². The summed E-state index contributed by atoms with van der Waals surface area (Å²) in [6, 6.07) is 7.07. The van der Waals surface area contributed by atoms with Gasteiger partial charge in [-0.1, -0.05) is 32.1 Å². The molecule has 180 valence electrons. The first-order valence-electron chi connectivity index (χ1n) is 11.3. The predicted molar refractivity (Wildman–Crippen MR) is 130 cm³/mol. The first kappa shape index (κ1) is 24.2. The van der Waals surface area contributed by atoms with Crippen LogP contribution in [0, 0.1) is 5.92 Å². The van der Waals surface area contributed by atoms with Crippen LogP contribution < -0.4 is 0 Å². The Hall–Kier alpha value is -3.91. The Labute approximate surface area is 203 Å². The maximum absolute atomic E-state index is 13.5. The molecule has 4 rings (SSSR count). The molecule has 0 bridgehead atoms. The second kappa shape index (κ2) is 9.76. The smallest absolute Gasteiger partial charge is 0.360 e. The van der Waals surface area contributed by atoms with Crippen LogP contribution in [0.1, 0.15) is 31.3 Å². The predicted octanol–water partition coefficient (Wildman–Crippen LogP) is 3.57. The van der Waals surface area contributed by atoms with Crippen molar-refractivity contribution in [1.29, 1.82) is 0 Å². The number of para-hydroxylation sites is 2. The fraction of sp³-hybridized carbons (Fsp3) is 0.296. The van der Waals surface area contributed by atoms with Crippen LogP contribution >= 0.6 is 0 Å². The molecule has 8 heteroatoms. The highest BCUT2D eigenvalue weighted by Crippen LogP contribution is 2.35. The second-order valence-electron chi connectivity index (χ2n) is 8.98. The van der Waals surface area contributed by atoms with Crippen LogP contribution in [0.5, 0.6) is 0 Å². The summed E-state index contributed by atoms with van der Waals surface area (Å²) < 4.78 is 10.6. The van der Waals surface area contributed by atoms with Crippen molar-refractivity contribution in [3.8, 4) is 0 Å². The van der Waals surface area contributed by atoms with E-state index < -0.39 is 23.1 Å². The molecule has 0 saturated carbocycles. The number of methoxy groups -OCH3 is 1. The van der Waals surface area contributed by atoms with Crippen LogP contribution in [-0.2, 0) is 19.1 Å². The lowest BCUT2D eigenvalue weighted by Gasteiger charge is -2.35. The average molecular weight is 474 g/mol. The first-order chi connectivity index (χ1) is 16.7. The molecule has 1 aliphatic carbocycles. The zero-order valence-electron chi connectivity index (χ0n) is 20.1. The van der Waals surface area contributed by atoms with Crippen molar-refractivity contribution in [3.05, 3.63) is 83.5 Å². The van der Waals surface area contributed by atoms with E-state index in [1.165, 1.54) is 19.2 Å². The fourth-order valence-electron chi connectivity index (χ4n) is 3.93. The summed E-state index contributed by atoms with van der Waals surface area (Å²) in [7, 11) is 1.61. The summed E-state index contributed by atoms with van der Waals surface area (Å²) in [6.45, 7) is 6.56. The molecule has 8 nitrogen and oxygen atoms in total. The fourth-order valence-corrected chi connectivity index (χ4v) is 3.93. The van der Waals surface area contributed by atoms with Gasteiger partial charge in [0.25, 0.3) is 0 Å². The van der Waals surface area contributed by atoms with Gasteiger partial charge in [-0.25, -0.2) is 9.78 Å². The molecule has 2 aromatic rings. The SMILES string of the molecule is COC/C=C/C1=CC2=CC(=O)C(C)(OC(=O)c3cnc4ccccc4n3)C(=O)C2=CN1CC(C)C. The summed E-state index contributed by atoms with van der Waals surface area (Å²) in [4.78, 5) is 49.9. The highest BCUT2D eigenvalue weighted by atomic mass is 16.6. The number of benzene rings is 1. The topological polar surface area (TPSA) is 98.7 Å². The van der Waals surface area contributed by atoms with E-state index >= 15 is 0 Å². The molecule has 0 spiro atoms. The average Bonchev–Trinajstić information content (AvgIpc) is 2.83. The number of carbonyl (C=O) groups is 3. The Morgan fingerprint density at radius 2 is 1.91 bits per heavy atom. The van der Waals surface area contributed by atoms with Gasteiger partial charge < -0.3 is 14.4 Å². The minimum atomic E-state index is -2.00. The van der Waals surface area contributed by atoms with Gasteiger partial charge in [-0.05, 0) is 48.8 Å². The molecular weight excluding hydrogens is 446 g/mol. The van der Waals surface area contributed by atoms with Crippen molar-refractivity contribution in [1.82, 2.24) is 14.9 Å². The monoisotopic (exact) mass is 473 g/mol. The van der Waals surface area contributed by atoms with E-state index in [0.717, 1.165) is 5.70 Å². The van der Waals surface area contributed by atoms with Crippen LogP contribution in [0.15, 0.2) is 77.8 Å². The van der Waals surface area contributed by atoms with E-state index in [1.54, 1.807) is 37.6 Å². The highest BCUT2D eigenvalue weighted by molar-refractivity contribution is 6.26. The lowest BCUT2D eigenvalue weighted by atomic mass is 9.79. The Kier molecular flexibility index (Phi) is 6.75. The molecule has 1 aromatic carbocycles. The minimum Gasteiger partial charge on any atom is -0.438 e. The third-order valence-electron chi connectivity index (χ3n) is 5.73. The number of ether oxygens (including phenoxy) is 2. The van der Waals surface area contributed by atoms with E-state index in [0.29, 0.717) is 41.2 Å². The largest absolute Gasteiger partial charge is 0.438 e. The van der Waals surface area contributed by atoms with Gasteiger partial charge in [0.15, 0.2) is 5.69 Å². The molecule has 1 aliphatic heterocycles. The number of aromatic nitrogens is 2. The summed E-state index contributed by atoms with van der Waals surface area (Å²) in [5.41, 5.74) is 0.676. The van der Waals surface area contributed by atoms with E-state index in [-0.39, 0.29) is 5.69 Å². The summed E-state index contributed by atoms with van der Waals surface area (Å²) >= 11 is 0. The van der Waals surface area contributed by atoms with Crippen LogP contribution in [0.25, 0.3) is 11.0 Å². The number of rotatable bonds is 7.